The highest BCUT2D eigenvalue weighted by molar-refractivity contribution is 5.81. The van der Waals surface area contributed by atoms with Gasteiger partial charge in [-0.1, -0.05) is 60.1 Å². The van der Waals surface area contributed by atoms with E-state index < -0.39 is 11.4 Å². The van der Waals surface area contributed by atoms with Crippen molar-refractivity contribution >= 4 is 11.9 Å². The first-order chi connectivity index (χ1) is 16.5. The molecule has 0 aromatic heterocycles. The summed E-state index contributed by atoms with van der Waals surface area (Å²) < 4.78 is 5.85. The molecule has 4 heteroatoms. The van der Waals surface area contributed by atoms with E-state index >= 15 is 0 Å². The van der Waals surface area contributed by atoms with Gasteiger partial charge >= 0.3 is 11.9 Å². The van der Waals surface area contributed by atoms with Gasteiger partial charge in [-0.15, -0.1) is 0 Å². The van der Waals surface area contributed by atoms with Crippen LogP contribution in [0.4, 0.5) is 0 Å². The first kappa shape index (κ1) is 26.3. The van der Waals surface area contributed by atoms with Gasteiger partial charge in [0.2, 0.25) is 0 Å². The number of carboxylic acids is 1. The van der Waals surface area contributed by atoms with E-state index in [-0.39, 0.29) is 39.1 Å². The number of allylic oxidation sites excluding steroid dienone is 1. The van der Waals surface area contributed by atoms with Crippen LogP contribution < -0.4 is 0 Å². The Kier molecular flexibility index (Phi) is 5.74. The fourth-order valence-corrected chi connectivity index (χ4v) is 11.0. The summed E-state index contributed by atoms with van der Waals surface area (Å²) >= 11 is 0. The molecule has 0 saturated heterocycles. The monoisotopic (exact) mass is 498 g/mol. The van der Waals surface area contributed by atoms with Gasteiger partial charge in [-0.3, -0.25) is 9.59 Å². The predicted octanol–water partition coefficient (Wildman–Crippen LogP) is 7.80. The van der Waals surface area contributed by atoms with Crippen LogP contribution in [0.5, 0.6) is 0 Å². The summed E-state index contributed by atoms with van der Waals surface area (Å²) in [6.07, 6.45) is 12.6. The molecule has 0 spiro atoms. The van der Waals surface area contributed by atoms with E-state index in [1.54, 1.807) is 0 Å². The number of aliphatic carboxylic acids is 1. The number of ether oxygens (including phenoxy) is 1. The molecule has 36 heavy (non-hydrogen) atoms. The maximum atomic E-state index is 13.6. The Labute approximate surface area is 219 Å². The van der Waals surface area contributed by atoms with Gasteiger partial charge in [0.25, 0.3) is 0 Å². The van der Waals surface area contributed by atoms with Crippen LogP contribution in [0, 0.1) is 50.2 Å². The van der Waals surface area contributed by atoms with Crippen molar-refractivity contribution in [1.29, 1.82) is 0 Å². The number of fused-ring (bicyclic) bond motifs is 7. The molecule has 0 aromatic carbocycles. The van der Waals surface area contributed by atoms with Crippen molar-refractivity contribution in [2.45, 2.75) is 126 Å². The zero-order valence-corrected chi connectivity index (χ0v) is 24.1. The predicted molar refractivity (Wildman–Crippen MR) is 142 cm³/mol. The normalized spacial score (nSPS) is 48.8. The van der Waals surface area contributed by atoms with Crippen LogP contribution in [-0.4, -0.2) is 23.1 Å². The molecule has 202 valence electrons. The maximum absolute atomic E-state index is 13.6. The smallest absolute Gasteiger partial charge is 0.314 e. The minimum atomic E-state index is -0.752. The van der Waals surface area contributed by atoms with Crippen LogP contribution in [0.25, 0.3) is 0 Å². The molecular weight excluding hydrogens is 448 g/mol. The summed E-state index contributed by atoms with van der Waals surface area (Å²) in [6, 6.07) is 0. The fourth-order valence-electron chi connectivity index (χ4n) is 11.0. The summed E-state index contributed by atoms with van der Waals surface area (Å²) in [7, 11) is 0. The summed E-state index contributed by atoms with van der Waals surface area (Å²) in [6.45, 7) is 18.1. The van der Waals surface area contributed by atoms with Crippen LogP contribution in [0.3, 0.4) is 0 Å². The lowest BCUT2D eigenvalue weighted by atomic mass is 9.33. The van der Waals surface area contributed by atoms with Gasteiger partial charge < -0.3 is 9.84 Å². The van der Waals surface area contributed by atoms with E-state index in [4.69, 9.17) is 4.74 Å². The average molecular weight is 499 g/mol. The Morgan fingerprint density at radius 1 is 0.889 bits per heavy atom. The number of carboxylic acid groups (broad SMARTS) is 1. The lowest BCUT2D eigenvalue weighted by Gasteiger charge is -2.70. The van der Waals surface area contributed by atoms with Crippen LogP contribution in [-0.2, 0) is 14.3 Å². The van der Waals surface area contributed by atoms with E-state index in [1.807, 2.05) is 0 Å². The van der Waals surface area contributed by atoms with Crippen molar-refractivity contribution in [3.63, 3.8) is 0 Å². The molecular formula is C32H50O4. The Hall–Kier alpha value is -1.32. The second-order valence-corrected chi connectivity index (χ2v) is 15.7. The van der Waals surface area contributed by atoms with Crippen LogP contribution in [0.1, 0.15) is 120 Å². The SMILES string of the molecule is CC(=O)O[C@@H]1CC[C@]2(C)[C@H]3CC=C4[C@@H]5CC(C)(C)CC[C@]5(C)CC[C@@]4(C(=O)O)[C@]3(C)CC[C@H]2C1(C)C. The van der Waals surface area contributed by atoms with E-state index in [0.29, 0.717) is 17.8 Å². The quantitative estimate of drug-likeness (QED) is 0.311. The summed E-state index contributed by atoms with van der Waals surface area (Å²) in [5.74, 6) is 0.381. The molecule has 5 aliphatic carbocycles. The molecule has 0 aromatic rings. The van der Waals surface area contributed by atoms with Crippen molar-refractivity contribution in [2.75, 3.05) is 0 Å². The van der Waals surface area contributed by atoms with Crippen molar-refractivity contribution in [2.24, 2.45) is 50.2 Å². The molecule has 0 heterocycles. The molecule has 1 N–H and O–H groups in total. The van der Waals surface area contributed by atoms with Gasteiger partial charge in [-0.05, 0) is 104 Å². The second-order valence-electron chi connectivity index (χ2n) is 15.7. The maximum Gasteiger partial charge on any atom is 0.314 e. The lowest BCUT2D eigenvalue weighted by Crippen LogP contribution is -2.67. The number of esters is 1. The van der Waals surface area contributed by atoms with Gasteiger partial charge in [0.05, 0.1) is 5.41 Å². The van der Waals surface area contributed by atoms with Crippen LogP contribution in [0.2, 0.25) is 0 Å². The van der Waals surface area contributed by atoms with E-state index in [9.17, 15) is 14.7 Å². The molecule has 4 nitrogen and oxygen atoms in total. The van der Waals surface area contributed by atoms with E-state index in [1.165, 1.54) is 25.3 Å². The zero-order valence-electron chi connectivity index (χ0n) is 24.1. The summed E-state index contributed by atoms with van der Waals surface area (Å²) in [5.41, 5.74) is 0.732. The van der Waals surface area contributed by atoms with Crippen LogP contribution in [0.15, 0.2) is 11.6 Å². The molecule has 0 aliphatic heterocycles. The minimum absolute atomic E-state index is 0.0458. The van der Waals surface area contributed by atoms with Crippen molar-refractivity contribution < 1.29 is 19.4 Å². The number of rotatable bonds is 2. The highest BCUT2D eigenvalue weighted by Gasteiger charge is 2.71. The molecule has 0 bridgehead atoms. The Bertz CT molecular complexity index is 992. The summed E-state index contributed by atoms with van der Waals surface area (Å²) in [5, 5.41) is 11.2. The summed E-state index contributed by atoms with van der Waals surface area (Å²) in [4.78, 5) is 25.5. The molecule has 0 radical (unpaired) electrons. The first-order valence-corrected chi connectivity index (χ1v) is 14.6. The Morgan fingerprint density at radius 3 is 2.19 bits per heavy atom. The van der Waals surface area contributed by atoms with Crippen LogP contribution >= 0.6 is 0 Å². The van der Waals surface area contributed by atoms with Gasteiger partial charge in [-0.2, -0.15) is 0 Å². The highest BCUT2D eigenvalue weighted by atomic mass is 16.5. The molecule has 0 unspecified atom stereocenters. The highest BCUT2D eigenvalue weighted by Crippen LogP contribution is 2.76. The standard InChI is InChI=1S/C32H50O4/c1-20(33)36-25-12-13-30(7)23(28(25,4)5)11-14-31(8)24(30)10-9-21-22-19-27(2,3)15-16-29(22,6)17-18-32(21,31)26(34)35/h9,22-25H,10-19H2,1-8H3,(H,34,35)/t22-,23-,24+,25+,29+,30-,31+,32+/m0/s1. The number of carbonyl (C=O) groups is 2. The lowest BCUT2D eigenvalue weighted by molar-refractivity contribution is -0.219. The Morgan fingerprint density at radius 2 is 1.56 bits per heavy atom. The van der Waals surface area contributed by atoms with Gasteiger partial charge in [-0.25, -0.2) is 0 Å². The number of hydrogen-bond acceptors (Lipinski definition) is 3. The third kappa shape index (κ3) is 3.30. The molecule has 5 aliphatic rings. The average Bonchev–Trinajstić information content (AvgIpc) is 2.75. The molecule has 0 amide bonds. The third-order valence-electron chi connectivity index (χ3n) is 13.1. The second kappa shape index (κ2) is 7.85. The minimum Gasteiger partial charge on any atom is -0.481 e. The van der Waals surface area contributed by atoms with Crippen molar-refractivity contribution in [3.05, 3.63) is 11.6 Å². The largest absolute Gasteiger partial charge is 0.481 e. The van der Waals surface area contributed by atoms with Gasteiger partial charge in [0, 0.05) is 12.3 Å². The molecule has 4 fully saturated rings. The number of hydrogen-bond donors (Lipinski definition) is 1. The van der Waals surface area contributed by atoms with Gasteiger partial charge in [0.1, 0.15) is 6.10 Å². The topological polar surface area (TPSA) is 63.6 Å². The van der Waals surface area contributed by atoms with Crippen molar-refractivity contribution in [3.8, 4) is 0 Å². The number of carbonyl (C=O) groups excluding carboxylic acids is 1. The fraction of sp³-hybridized carbons (Fsp3) is 0.875. The Balaban J connectivity index is 1.59. The first-order valence-electron chi connectivity index (χ1n) is 14.6. The molecule has 5 rings (SSSR count). The molecule has 8 atom stereocenters. The third-order valence-corrected chi connectivity index (χ3v) is 13.1. The van der Waals surface area contributed by atoms with Gasteiger partial charge in [0.15, 0.2) is 0 Å². The van der Waals surface area contributed by atoms with E-state index in [2.05, 4.69) is 54.5 Å². The molecule has 4 saturated carbocycles. The van der Waals surface area contributed by atoms with Crippen molar-refractivity contribution in [1.82, 2.24) is 0 Å². The van der Waals surface area contributed by atoms with E-state index in [0.717, 1.165) is 51.4 Å². The zero-order chi connectivity index (χ0) is 26.5.